The average Bonchev–Trinajstić information content (AvgIpc) is 2.85. The molecule has 1 unspecified atom stereocenters. The molecule has 1 aromatic carbocycles. The number of hydrogen-bond donors (Lipinski definition) is 1. The van der Waals surface area contributed by atoms with Gasteiger partial charge in [-0.3, -0.25) is 0 Å². The topological polar surface area (TPSA) is 37.8 Å². The molecule has 2 aromatic rings. The molecule has 0 amide bonds. The van der Waals surface area contributed by atoms with Gasteiger partial charge in [-0.1, -0.05) is 19.1 Å². The molecule has 0 aliphatic rings. The number of aromatic nitrogens is 2. The van der Waals surface area contributed by atoms with Crippen molar-refractivity contribution < 1.29 is 13.2 Å². The fourth-order valence-electron chi connectivity index (χ4n) is 1.71. The van der Waals surface area contributed by atoms with Gasteiger partial charge in [-0.15, -0.1) is 0 Å². The molecule has 0 spiro atoms. The number of halogens is 3. The Labute approximate surface area is 119 Å². The molecule has 0 aliphatic heterocycles. The first-order valence-corrected chi connectivity index (χ1v) is 6.93. The monoisotopic (exact) mass is 301 g/mol. The zero-order valence-corrected chi connectivity index (χ0v) is 11.8. The van der Waals surface area contributed by atoms with Crippen LogP contribution in [0.5, 0.6) is 0 Å². The normalized spacial score (nSPS) is 13.2. The minimum absolute atomic E-state index is 0.269. The SMILES string of the molecule is CCc1nsc(NC(C)c2cccc(C(F)(F)F)c2)n1. The molecule has 0 aliphatic carbocycles. The van der Waals surface area contributed by atoms with Crippen molar-refractivity contribution in [3.8, 4) is 0 Å². The Kier molecular flexibility index (Phi) is 4.27. The van der Waals surface area contributed by atoms with Crippen LogP contribution in [0.1, 0.15) is 36.8 Å². The second kappa shape index (κ2) is 5.78. The highest BCUT2D eigenvalue weighted by molar-refractivity contribution is 7.09. The van der Waals surface area contributed by atoms with Crippen LogP contribution in [-0.4, -0.2) is 9.36 Å². The van der Waals surface area contributed by atoms with Gasteiger partial charge in [0.25, 0.3) is 0 Å². The zero-order chi connectivity index (χ0) is 14.8. The highest BCUT2D eigenvalue weighted by Crippen LogP contribution is 2.31. The van der Waals surface area contributed by atoms with E-state index in [-0.39, 0.29) is 6.04 Å². The molecule has 1 heterocycles. The third-order valence-electron chi connectivity index (χ3n) is 2.84. The number of alkyl halides is 3. The van der Waals surface area contributed by atoms with Crippen molar-refractivity contribution in [3.63, 3.8) is 0 Å². The van der Waals surface area contributed by atoms with E-state index < -0.39 is 11.7 Å². The highest BCUT2D eigenvalue weighted by Gasteiger charge is 2.30. The molecule has 0 radical (unpaired) electrons. The van der Waals surface area contributed by atoms with E-state index in [0.717, 1.165) is 24.4 Å². The first-order chi connectivity index (χ1) is 9.40. The smallest absolute Gasteiger partial charge is 0.354 e. The largest absolute Gasteiger partial charge is 0.416 e. The van der Waals surface area contributed by atoms with Gasteiger partial charge in [0.05, 0.1) is 11.6 Å². The average molecular weight is 301 g/mol. The Bertz CT molecular complexity index is 580. The van der Waals surface area contributed by atoms with Crippen molar-refractivity contribution in [1.29, 1.82) is 0 Å². The van der Waals surface area contributed by atoms with Crippen LogP contribution < -0.4 is 5.32 Å². The molecule has 1 atom stereocenters. The van der Waals surface area contributed by atoms with Gasteiger partial charge in [0, 0.05) is 18.0 Å². The Hall–Kier alpha value is -1.63. The van der Waals surface area contributed by atoms with Gasteiger partial charge in [0.1, 0.15) is 5.82 Å². The van der Waals surface area contributed by atoms with Crippen LogP contribution in [0, 0.1) is 0 Å². The minimum Gasteiger partial charge on any atom is -0.354 e. The van der Waals surface area contributed by atoms with Crippen molar-refractivity contribution in [3.05, 3.63) is 41.2 Å². The highest BCUT2D eigenvalue weighted by atomic mass is 32.1. The number of benzene rings is 1. The predicted molar refractivity (Wildman–Crippen MR) is 72.8 cm³/mol. The number of nitrogens with one attached hydrogen (secondary N) is 1. The summed E-state index contributed by atoms with van der Waals surface area (Å²) in [4.78, 5) is 4.24. The molecule has 7 heteroatoms. The number of rotatable bonds is 4. The van der Waals surface area contributed by atoms with E-state index in [1.807, 2.05) is 6.92 Å². The first-order valence-electron chi connectivity index (χ1n) is 6.16. The van der Waals surface area contributed by atoms with E-state index in [9.17, 15) is 13.2 Å². The molecule has 0 saturated carbocycles. The molecule has 2 rings (SSSR count). The maximum absolute atomic E-state index is 12.7. The summed E-state index contributed by atoms with van der Waals surface area (Å²) < 4.78 is 42.1. The Balaban J connectivity index is 2.14. The molecule has 20 heavy (non-hydrogen) atoms. The fraction of sp³-hybridized carbons (Fsp3) is 0.385. The van der Waals surface area contributed by atoms with E-state index in [4.69, 9.17) is 0 Å². The van der Waals surface area contributed by atoms with Crippen molar-refractivity contribution in [2.75, 3.05) is 5.32 Å². The summed E-state index contributed by atoms with van der Waals surface area (Å²) >= 11 is 1.21. The van der Waals surface area contributed by atoms with E-state index in [1.165, 1.54) is 17.6 Å². The van der Waals surface area contributed by atoms with Crippen LogP contribution in [0.15, 0.2) is 24.3 Å². The summed E-state index contributed by atoms with van der Waals surface area (Å²) in [6.45, 7) is 3.74. The van der Waals surface area contributed by atoms with Crippen molar-refractivity contribution >= 4 is 16.7 Å². The summed E-state index contributed by atoms with van der Waals surface area (Å²) in [5.41, 5.74) is -0.0803. The predicted octanol–water partition coefficient (Wildman–Crippen LogP) is 4.29. The molecule has 3 nitrogen and oxygen atoms in total. The second-order valence-corrected chi connectivity index (χ2v) is 5.11. The van der Waals surface area contributed by atoms with Gasteiger partial charge in [0.15, 0.2) is 0 Å². The number of hydrogen-bond acceptors (Lipinski definition) is 4. The van der Waals surface area contributed by atoms with Crippen molar-refractivity contribution in [2.24, 2.45) is 0 Å². The van der Waals surface area contributed by atoms with Crippen LogP contribution in [-0.2, 0) is 12.6 Å². The number of aryl methyl sites for hydroxylation is 1. The van der Waals surface area contributed by atoms with Gasteiger partial charge >= 0.3 is 6.18 Å². The summed E-state index contributed by atoms with van der Waals surface area (Å²) in [6, 6.07) is 5.02. The Morgan fingerprint density at radius 3 is 2.70 bits per heavy atom. The number of nitrogens with zero attached hydrogens (tertiary/aromatic N) is 2. The summed E-state index contributed by atoms with van der Waals surface area (Å²) in [6.07, 6.45) is -3.59. The fourth-order valence-corrected chi connectivity index (χ4v) is 2.45. The van der Waals surface area contributed by atoms with E-state index in [0.29, 0.717) is 10.7 Å². The van der Waals surface area contributed by atoms with E-state index in [2.05, 4.69) is 14.7 Å². The molecular weight excluding hydrogens is 287 g/mol. The van der Waals surface area contributed by atoms with Crippen LogP contribution in [0.25, 0.3) is 0 Å². The van der Waals surface area contributed by atoms with Crippen LogP contribution in [0.2, 0.25) is 0 Å². The van der Waals surface area contributed by atoms with Gasteiger partial charge in [-0.05, 0) is 24.6 Å². The van der Waals surface area contributed by atoms with Crippen LogP contribution in [0.4, 0.5) is 18.3 Å². The molecule has 108 valence electrons. The number of anilines is 1. The maximum Gasteiger partial charge on any atom is 0.416 e. The van der Waals surface area contributed by atoms with E-state index in [1.54, 1.807) is 13.0 Å². The standard InChI is InChI=1S/C13H14F3N3S/c1-3-11-18-12(20-19-11)17-8(2)9-5-4-6-10(7-9)13(14,15)16/h4-8H,3H2,1-2H3,(H,17,18,19). The van der Waals surface area contributed by atoms with Gasteiger partial charge < -0.3 is 5.32 Å². The Morgan fingerprint density at radius 2 is 2.10 bits per heavy atom. The lowest BCUT2D eigenvalue weighted by Gasteiger charge is -2.15. The summed E-state index contributed by atoms with van der Waals surface area (Å²) in [5.74, 6) is 0.730. The maximum atomic E-state index is 12.7. The van der Waals surface area contributed by atoms with Crippen LogP contribution in [0.3, 0.4) is 0 Å². The molecule has 1 N–H and O–H groups in total. The molecule has 0 fully saturated rings. The molecule has 1 aromatic heterocycles. The van der Waals surface area contributed by atoms with Gasteiger partial charge in [-0.25, -0.2) is 4.98 Å². The van der Waals surface area contributed by atoms with Gasteiger partial charge in [-0.2, -0.15) is 17.5 Å². The summed E-state index contributed by atoms with van der Waals surface area (Å²) in [7, 11) is 0. The van der Waals surface area contributed by atoms with E-state index >= 15 is 0 Å². The molecule has 0 saturated heterocycles. The van der Waals surface area contributed by atoms with Crippen LogP contribution >= 0.6 is 11.5 Å². The van der Waals surface area contributed by atoms with Crippen molar-refractivity contribution in [1.82, 2.24) is 9.36 Å². The van der Waals surface area contributed by atoms with Crippen molar-refractivity contribution in [2.45, 2.75) is 32.5 Å². The first kappa shape index (κ1) is 14.8. The third-order valence-corrected chi connectivity index (χ3v) is 3.52. The minimum atomic E-state index is -4.33. The Morgan fingerprint density at radius 1 is 1.35 bits per heavy atom. The lowest BCUT2D eigenvalue weighted by atomic mass is 10.1. The quantitative estimate of drug-likeness (QED) is 0.915. The van der Waals surface area contributed by atoms with Gasteiger partial charge in [0.2, 0.25) is 5.13 Å². The lowest BCUT2D eigenvalue weighted by molar-refractivity contribution is -0.137. The lowest BCUT2D eigenvalue weighted by Crippen LogP contribution is -2.10. The zero-order valence-electron chi connectivity index (χ0n) is 11.0. The molecule has 0 bridgehead atoms. The second-order valence-electron chi connectivity index (χ2n) is 4.36. The third kappa shape index (κ3) is 3.47. The summed E-state index contributed by atoms with van der Waals surface area (Å²) in [5, 5.41) is 3.69. The molecular formula is C13H14F3N3S.